The lowest BCUT2D eigenvalue weighted by Crippen LogP contribution is -2.29. The molecule has 8 nitrogen and oxygen atoms in total. The molecule has 1 amide bonds. The number of likely N-dealkylation sites (N-methyl/N-ethyl adjacent to an activating group) is 2. The zero-order chi connectivity index (χ0) is 29.9. The molecule has 3 aromatic heterocycles. The maximum atomic E-state index is 13.2. The minimum absolute atomic E-state index is 0.0825. The highest BCUT2D eigenvalue weighted by Crippen LogP contribution is 2.31. The maximum Gasteiger partial charge on any atom is 0.416 e. The lowest BCUT2D eigenvalue weighted by molar-refractivity contribution is -0.137. The van der Waals surface area contributed by atoms with E-state index in [-0.39, 0.29) is 5.56 Å². The molecule has 0 spiro atoms. The largest absolute Gasteiger partial charge is 0.416 e. The van der Waals surface area contributed by atoms with Gasteiger partial charge in [-0.15, -0.1) is 0 Å². The number of fused-ring (bicyclic) bond motifs is 1. The van der Waals surface area contributed by atoms with Crippen LogP contribution >= 0.6 is 0 Å². The van der Waals surface area contributed by atoms with Crippen LogP contribution < -0.4 is 10.2 Å². The Morgan fingerprint density at radius 2 is 1.81 bits per heavy atom. The first-order valence-electron chi connectivity index (χ1n) is 13.3. The number of alkyl halides is 3. The van der Waals surface area contributed by atoms with E-state index in [0.29, 0.717) is 17.9 Å². The highest BCUT2D eigenvalue weighted by atomic mass is 19.4. The van der Waals surface area contributed by atoms with E-state index < -0.39 is 17.6 Å². The maximum absolute atomic E-state index is 13.2. The standard InChI is InChI=1S/C31H30F3N7O/c1-40(2)14-15-41(3)26-10-9-24(37-30(42)20-6-4-8-23(16-20)31(32,33)34)17-22(26)18-27-38-25-11-13-36-29(25)28(39-27)21-7-5-12-35-19-21/h4-13,16-17,19,36H,14-15,18H2,1-3H3,(H,37,42). The summed E-state index contributed by atoms with van der Waals surface area (Å²) < 4.78 is 39.6. The van der Waals surface area contributed by atoms with Crippen molar-refractivity contribution in [3.8, 4) is 11.3 Å². The molecule has 0 saturated carbocycles. The summed E-state index contributed by atoms with van der Waals surface area (Å²) in [4.78, 5) is 34.3. The van der Waals surface area contributed by atoms with Crippen LogP contribution in [0.15, 0.2) is 79.3 Å². The molecule has 0 atom stereocenters. The average molecular weight is 574 g/mol. The normalized spacial score (nSPS) is 11.7. The topological polar surface area (TPSA) is 90.0 Å². The Morgan fingerprint density at radius 1 is 0.976 bits per heavy atom. The molecule has 2 N–H and O–H groups in total. The molecule has 0 aliphatic rings. The van der Waals surface area contributed by atoms with Crippen LogP contribution in [0.5, 0.6) is 0 Å². The van der Waals surface area contributed by atoms with Gasteiger partial charge in [-0.1, -0.05) is 6.07 Å². The molecule has 0 bridgehead atoms. The molecule has 0 radical (unpaired) electrons. The van der Waals surface area contributed by atoms with Crippen LogP contribution in [0.1, 0.15) is 27.3 Å². The number of nitrogens with zero attached hydrogens (tertiary/aromatic N) is 5. The Labute approximate surface area is 241 Å². The number of H-pyrrole nitrogens is 1. The smallest absolute Gasteiger partial charge is 0.373 e. The fraction of sp³-hybridized carbons (Fsp3) is 0.226. The van der Waals surface area contributed by atoms with Crippen molar-refractivity contribution in [2.24, 2.45) is 0 Å². The Kier molecular flexibility index (Phi) is 8.21. The predicted octanol–water partition coefficient (Wildman–Crippen LogP) is 5.88. The Bertz CT molecular complexity index is 1700. The second-order valence-electron chi connectivity index (χ2n) is 10.2. The van der Waals surface area contributed by atoms with Crippen molar-refractivity contribution in [2.45, 2.75) is 12.6 Å². The zero-order valence-corrected chi connectivity index (χ0v) is 23.4. The van der Waals surface area contributed by atoms with Gasteiger partial charge in [0.05, 0.1) is 22.3 Å². The molecular formula is C31H30F3N7O. The molecule has 0 fully saturated rings. The van der Waals surface area contributed by atoms with E-state index in [1.165, 1.54) is 12.1 Å². The van der Waals surface area contributed by atoms with E-state index in [0.717, 1.165) is 58.8 Å². The third kappa shape index (κ3) is 6.58. The molecular weight excluding hydrogens is 543 g/mol. The number of carbonyl (C=O) groups is 1. The van der Waals surface area contributed by atoms with Crippen LogP contribution in [-0.4, -0.2) is 65.0 Å². The molecule has 5 aromatic rings. The Morgan fingerprint density at radius 3 is 2.55 bits per heavy atom. The van der Waals surface area contributed by atoms with Crippen molar-refractivity contribution < 1.29 is 18.0 Å². The number of aromatic nitrogens is 4. The van der Waals surface area contributed by atoms with Gasteiger partial charge in [0.15, 0.2) is 0 Å². The molecule has 5 rings (SSSR count). The predicted molar refractivity (Wildman–Crippen MR) is 158 cm³/mol. The van der Waals surface area contributed by atoms with Gasteiger partial charge in [0.2, 0.25) is 0 Å². The van der Waals surface area contributed by atoms with Gasteiger partial charge in [-0.2, -0.15) is 13.2 Å². The third-order valence-corrected chi connectivity index (χ3v) is 6.82. The molecule has 0 unspecified atom stereocenters. The van der Waals surface area contributed by atoms with E-state index in [1.807, 2.05) is 57.7 Å². The quantitative estimate of drug-likeness (QED) is 0.229. The lowest BCUT2D eigenvalue weighted by atomic mass is 10.1. The van der Waals surface area contributed by atoms with E-state index in [4.69, 9.17) is 9.97 Å². The molecule has 3 heterocycles. The summed E-state index contributed by atoms with van der Waals surface area (Å²) in [5, 5.41) is 2.76. The van der Waals surface area contributed by atoms with Crippen LogP contribution in [0.25, 0.3) is 22.3 Å². The molecule has 216 valence electrons. The summed E-state index contributed by atoms with van der Waals surface area (Å²) in [6.45, 7) is 1.56. The van der Waals surface area contributed by atoms with Crippen molar-refractivity contribution in [1.82, 2.24) is 24.8 Å². The summed E-state index contributed by atoms with van der Waals surface area (Å²) >= 11 is 0. The number of carbonyl (C=O) groups excluding carboxylic acids is 1. The minimum atomic E-state index is -4.54. The number of amides is 1. The van der Waals surface area contributed by atoms with E-state index in [1.54, 1.807) is 18.5 Å². The number of anilines is 2. The third-order valence-electron chi connectivity index (χ3n) is 6.82. The molecule has 11 heteroatoms. The number of rotatable bonds is 9. The molecule has 42 heavy (non-hydrogen) atoms. The summed E-state index contributed by atoms with van der Waals surface area (Å²) in [5.41, 5.74) is 4.40. The summed E-state index contributed by atoms with van der Waals surface area (Å²) in [7, 11) is 5.99. The molecule has 0 aliphatic heterocycles. The first-order chi connectivity index (χ1) is 20.1. The fourth-order valence-electron chi connectivity index (χ4n) is 4.64. The molecule has 0 aliphatic carbocycles. The van der Waals surface area contributed by atoms with Gasteiger partial charge in [-0.25, -0.2) is 9.97 Å². The number of hydrogen-bond acceptors (Lipinski definition) is 6. The number of benzene rings is 2. The van der Waals surface area contributed by atoms with Crippen LogP contribution in [0.2, 0.25) is 0 Å². The van der Waals surface area contributed by atoms with E-state index >= 15 is 0 Å². The van der Waals surface area contributed by atoms with Gasteiger partial charge in [0.25, 0.3) is 5.91 Å². The van der Waals surface area contributed by atoms with Gasteiger partial charge in [0.1, 0.15) is 5.82 Å². The van der Waals surface area contributed by atoms with Crippen molar-refractivity contribution in [3.05, 3.63) is 102 Å². The number of aromatic amines is 1. The van der Waals surface area contributed by atoms with Crippen LogP contribution in [0.4, 0.5) is 24.5 Å². The van der Waals surface area contributed by atoms with Crippen LogP contribution in [0.3, 0.4) is 0 Å². The Balaban J connectivity index is 1.50. The van der Waals surface area contributed by atoms with Crippen molar-refractivity contribution in [1.29, 1.82) is 0 Å². The van der Waals surface area contributed by atoms with Crippen molar-refractivity contribution >= 4 is 28.3 Å². The number of hydrogen-bond donors (Lipinski definition) is 2. The lowest BCUT2D eigenvalue weighted by Gasteiger charge is -2.25. The molecule has 2 aromatic carbocycles. The van der Waals surface area contributed by atoms with Crippen molar-refractivity contribution in [3.63, 3.8) is 0 Å². The van der Waals surface area contributed by atoms with E-state index in [9.17, 15) is 18.0 Å². The van der Waals surface area contributed by atoms with Crippen LogP contribution in [-0.2, 0) is 12.6 Å². The highest BCUT2D eigenvalue weighted by Gasteiger charge is 2.31. The molecule has 0 saturated heterocycles. The SMILES string of the molecule is CN(C)CCN(C)c1ccc(NC(=O)c2cccc(C(F)(F)F)c2)cc1Cc1nc(-c2cccnc2)c2[nH]ccc2n1. The van der Waals surface area contributed by atoms with Crippen LogP contribution in [0, 0.1) is 0 Å². The van der Waals surface area contributed by atoms with Gasteiger partial charge in [-0.3, -0.25) is 9.78 Å². The minimum Gasteiger partial charge on any atom is -0.373 e. The van der Waals surface area contributed by atoms with Crippen molar-refractivity contribution in [2.75, 3.05) is 44.4 Å². The number of nitrogens with one attached hydrogen (secondary N) is 2. The van der Waals surface area contributed by atoms with Gasteiger partial charge >= 0.3 is 6.18 Å². The fourth-order valence-corrected chi connectivity index (χ4v) is 4.64. The van der Waals surface area contributed by atoms with Gasteiger partial charge in [0, 0.05) is 67.7 Å². The summed E-state index contributed by atoms with van der Waals surface area (Å²) in [5.74, 6) is -0.0609. The number of pyridine rings is 1. The summed E-state index contributed by atoms with van der Waals surface area (Å²) in [6, 6.07) is 15.5. The van der Waals surface area contributed by atoms with E-state index in [2.05, 4.69) is 25.1 Å². The first-order valence-corrected chi connectivity index (χ1v) is 13.3. The van der Waals surface area contributed by atoms with Gasteiger partial charge in [-0.05, 0) is 74.3 Å². The average Bonchev–Trinajstić information content (AvgIpc) is 3.44. The first kappa shape index (κ1) is 28.7. The monoisotopic (exact) mass is 573 g/mol. The second kappa shape index (κ2) is 12.0. The second-order valence-corrected chi connectivity index (χ2v) is 10.2. The number of halogens is 3. The van der Waals surface area contributed by atoms with Gasteiger partial charge < -0.3 is 20.1 Å². The zero-order valence-electron chi connectivity index (χ0n) is 23.4. The Hall–Kier alpha value is -4.77. The summed E-state index contributed by atoms with van der Waals surface area (Å²) in [6.07, 6.45) is 1.07. The highest BCUT2D eigenvalue weighted by molar-refractivity contribution is 6.04.